The van der Waals surface area contributed by atoms with Crippen molar-refractivity contribution in [1.29, 1.82) is 0 Å². The number of nitrogens with zero attached hydrogens (tertiary/aromatic N) is 3. The van der Waals surface area contributed by atoms with Crippen LogP contribution < -0.4 is 4.90 Å². The molecule has 1 N–H and O–H groups in total. The molecule has 2 aromatic carbocycles. The summed E-state index contributed by atoms with van der Waals surface area (Å²) >= 11 is 6.41. The van der Waals surface area contributed by atoms with E-state index in [1.807, 2.05) is 41.1 Å². The zero-order chi connectivity index (χ0) is 23.4. The minimum atomic E-state index is -1.30. The summed E-state index contributed by atoms with van der Waals surface area (Å²) in [4.78, 5) is 13.7. The Morgan fingerprint density at radius 2 is 1.91 bits per heavy atom. The van der Waals surface area contributed by atoms with Crippen LogP contribution in [0.2, 0.25) is 5.02 Å². The molecule has 7 nitrogen and oxygen atoms in total. The molecule has 174 valence electrons. The van der Waals surface area contributed by atoms with Gasteiger partial charge in [0.1, 0.15) is 0 Å². The number of benzene rings is 2. The number of carboxylic acids is 1. The minimum absolute atomic E-state index is 0.0883. The van der Waals surface area contributed by atoms with Crippen molar-refractivity contribution in [3.63, 3.8) is 0 Å². The van der Waals surface area contributed by atoms with Crippen LogP contribution in [0.15, 0.2) is 54.6 Å². The first-order valence-corrected chi connectivity index (χ1v) is 11.3. The highest BCUT2D eigenvalue weighted by molar-refractivity contribution is 6.31. The van der Waals surface area contributed by atoms with Gasteiger partial charge in [0, 0.05) is 29.4 Å². The van der Waals surface area contributed by atoms with E-state index in [-0.39, 0.29) is 6.61 Å². The first-order valence-electron chi connectivity index (χ1n) is 10.9. The van der Waals surface area contributed by atoms with Gasteiger partial charge in [-0.05, 0) is 43.7 Å². The standard InChI is InChI=1S/C25H28ClN3O4/c1-25(2,24(30)31)33-17-20-15-23(29(27-20)16-19-6-3-4-9-22(19)26)18-7-5-8-21(14-18)28-10-12-32-13-11-28/h3-9,14-15H,10-13,16-17H2,1-2H3,(H,30,31). The molecular formula is C25H28ClN3O4. The number of morpholine rings is 1. The summed E-state index contributed by atoms with van der Waals surface area (Å²) in [6, 6.07) is 18.0. The second-order valence-corrected chi connectivity index (χ2v) is 8.93. The lowest BCUT2D eigenvalue weighted by atomic mass is 10.1. The van der Waals surface area contributed by atoms with Gasteiger partial charge in [0.15, 0.2) is 5.60 Å². The third-order valence-electron chi connectivity index (χ3n) is 5.72. The molecule has 3 aromatic rings. The molecule has 0 aliphatic carbocycles. The molecule has 33 heavy (non-hydrogen) atoms. The molecule has 1 aliphatic heterocycles. The molecular weight excluding hydrogens is 442 g/mol. The molecule has 8 heteroatoms. The molecule has 0 unspecified atom stereocenters. The van der Waals surface area contributed by atoms with Crippen molar-refractivity contribution < 1.29 is 19.4 Å². The molecule has 0 atom stereocenters. The van der Waals surface area contributed by atoms with Gasteiger partial charge in [-0.2, -0.15) is 5.10 Å². The lowest BCUT2D eigenvalue weighted by Crippen LogP contribution is -2.36. The number of carboxylic acid groups (broad SMARTS) is 1. The topological polar surface area (TPSA) is 76.8 Å². The van der Waals surface area contributed by atoms with Crippen LogP contribution in [0, 0.1) is 0 Å². The minimum Gasteiger partial charge on any atom is -0.479 e. The fraction of sp³-hybridized carbons (Fsp3) is 0.360. The zero-order valence-electron chi connectivity index (χ0n) is 18.8. The average Bonchev–Trinajstić information content (AvgIpc) is 3.23. The summed E-state index contributed by atoms with van der Waals surface area (Å²) in [5.41, 5.74) is 3.36. The second-order valence-electron chi connectivity index (χ2n) is 8.52. The van der Waals surface area contributed by atoms with Gasteiger partial charge < -0.3 is 19.5 Å². The fourth-order valence-corrected chi connectivity index (χ4v) is 3.88. The van der Waals surface area contributed by atoms with Crippen LogP contribution in [0.3, 0.4) is 0 Å². The van der Waals surface area contributed by atoms with Gasteiger partial charge in [-0.3, -0.25) is 4.68 Å². The molecule has 1 aromatic heterocycles. The highest BCUT2D eigenvalue weighted by atomic mass is 35.5. The molecule has 0 radical (unpaired) electrons. The van der Waals surface area contributed by atoms with Crippen LogP contribution in [0.25, 0.3) is 11.3 Å². The third-order valence-corrected chi connectivity index (χ3v) is 6.09. The summed E-state index contributed by atoms with van der Waals surface area (Å²) in [5.74, 6) is -1.02. The molecule has 0 bridgehead atoms. The Hall–Kier alpha value is -2.87. The monoisotopic (exact) mass is 469 g/mol. The molecule has 2 heterocycles. The Balaban J connectivity index is 1.67. The number of rotatable bonds is 8. The summed E-state index contributed by atoms with van der Waals surface area (Å²) in [5, 5.41) is 14.8. The van der Waals surface area contributed by atoms with Crippen LogP contribution in [-0.4, -0.2) is 52.8 Å². The zero-order valence-corrected chi connectivity index (χ0v) is 19.6. The first kappa shape index (κ1) is 23.3. The molecule has 4 rings (SSSR count). The molecule has 0 spiro atoms. The Kier molecular flexibility index (Phi) is 7.02. The van der Waals surface area contributed by atoms with Crippen molar-refractivity contribution in [2.75, 3.05) is 31.2 Å². The average molecular weight is 470 g/mol. The van der Waals surface area contributed by atoms with Crippen LogP contribution in [0.5, 0.6) is 0 Å². The Morgan fingerprint density at radius 1 is 1.15 bits per heavy atom. The lowest BCUT2D eigenvalue weighted by molar-refractivity contribution is -0.162. The number of hydrogen-bond acceptors (Lipinski definition) is 5. The molecule has 1 aliphatic rings. The second kappa shape index (κ2) is 9.95. The van der Waals surface area contributed by atoms with E-state index in [1.54, 1.807) is 0 Å². The molecule has 0 saturated carbocycles. The maximum Gasteiger partial charge on any atom is 0.335 e. The first-order chi connectivity index (χ1) is 15.8. The van der Waals surface area contributed by atoms with Crippen LogP contribution in [-0.2, 0) is 27.4 Å². The maximum absolute atomic E-state index is 11.4. The van der Waals surface area contributed by atoms with Gasteiger partial charge in [-0.15, -0.1) is 0 Å². The Morgan fingerprint density at radius 3 is 2.64 bits per heavy atom. The van der Waals surface area contributed by atoms with Crippen molar-refractivity contribution in [2.45, 2.75) is 32.6 Å². The van der Waals surface area contributed by atoms with E-state index in [0.29, 0.717) is 17.3 Å². The van der Waals surface area contributed by atoms with Crippen LogP contribution in [0.1, 0.15) is 25.1 Å². The fourth-order valence-electron chi connectivity index (χ4n) is 3.68. The van der Waals surface area contributed by atoms with Crippen molar-refractivity contribution in [3.8, 4) is 11.3 Å². The van der Waals surface area contributed by atoms with E-state index in [0.717, 1.165) is 48.8 Å². The largest absolute Gasteiger partial charge is 0.479 e. The summed E-state index contributed by atoms with van der Waals surface area (Å²) in [7, 11) is 0. The van der Waals surface area contributed by atoms with Crippen molar-refractivity contribution in [2.24, 2.45) is 0 Å². The number of carbonyl (C=O) groups is 1. The van der Waals surface area contributed by atoms with Crippen molar-refractivity contribution in [1.82, 2.24) is 9.78 Å². The SMILES string of the molecule is CC(C)(OCc1cc(-c2cccc(N3CCOCC3)c2)n(Cc2ccccc2Cl)n1)C(=O)O. The van der Waals surface area contributed by atoms with Crippen molar-refractivity contribution in [3.05, 3.63) is 70.9 Å². The summed E-state index contributed by atoms with van der Waals surface area (Å²) in [6.07, 6.45) is 0. The smallest absolute Gasteiger partial charge is 0.335 e. The van der Waals surface area contributed by atoms with E-state index in [1.165, 1.54) is 13.8 Å². The predicted molar refractivity (Wildman–Crippen MR) is 128 cm³/mol. The van der Waals surface area contributed by atoms with Gasteiger partial charge in [0.2, 0.25) is 0 Å². The number of aromatic nitrogens is 2. The van der Waals surface area contributed by atoms with E-state index in [9.17, 15) is 9.90 Å². The normalized spacial score (nSPS) is 14.5. The third kappa shape index (κ3) is 5.55. The highest BCUT2D eigenvalue weighted by Crippen LogP contribution is 2.28. The molecule has 1 fully saturated rings. The van der Waals surface area contributed by atoms with E-state index < -0.39 is 11.6 Å². The molecule has 1 saturated heterocycles. The lowest BCUT2D eigenvalue weighted by Gasteiger charge is -2.29. The van der Waals surface area contributed by atoms with Gasteiger partial charge >= 0.3 is 5.97 Å². The van der Waals surface area contributed by atoms with Gasteiger partial charge in [-0.1, -0.05) is 41.9 Å². The Bertz CT molecular complexity index is 1120. The van der Waals surface area contributed by atoms with Crippen molar-refractivity contribution >= 4 is 23.3 Å². The number of anilines is 1. The number of ether oxygens (including phenoxy) is 2. The number of aliphatic carboxylic acids is 1. The quantitative estimate of drug-likeness (QED) is 0.524. The predicted octanol–water partition coefficient (Wildman–Crippen LogP) is 4.47. The summed E-state index contributed by atoms with van der Waals surface area (Å²) < 4.78 is 13.0. The highest BCUT2D eigenvalue weighted by Gasteiger charge is 2.28. The number of hydrogen-bond donors (Lipinski definition) is 1. The van der Waals surface area contributed by atoms with E-state index >= 15 is 0 Å². The molecule has 0 amide bonds. The Labute approximate surface area is 198 Å². The van der Waals surface area contributed by atoms with Crippen LogP contribution >= 0.6 is 11.6 Å². The van der Waals surface area contributed by atoms with Gasteiger partial charge in [-0.25, -0.2) is 4.79 Å². The van der Waals surface area contributed by atoms with E-state index in [2.05, 4.69) is 23.1 Å². The van der Waals surface area contributed by atoms with Gasteiger partial charge in [0.25, 0.3) is 0 Å². The van der Waals surface area contributed by atoms with E-state index in [4.69, 9.17) is 26.2 Å². The number of halogens is 1. The van der Waals surface area contributed by atoms with Gasteiger partial charge in [0.05, 0.1) is 37.8 Å². The summed E-state index contributed by atoms with van der Waals surface area (Å²) in [6.45, 7) is 6.78. The maximum atomic E-state index is 11.4. The van der Waals surface area contributed by atoms with Crippen LogP contribution in [0.4, 0.5) is 5.69 Å².